The maximum atomic E-state index is 13.7. The van der Waals surface area contributed by atoms with Gasteiger partial charge in [-0.1, -0.05) is 35.9 Å². The second kappa shape index (κ2) is 5.46. The van der Waals surface area contributed by atoms with Crippen LogP contribution in [0.25, 0.3) is 0 Å². The van der Waals surface area contributed by atoms with Crippen molar-refractivity contribution in [1.29, 1.82) is 0 Å². The Morgan fingerprint density at radius 3 is 3.00 bits per heavy atom. The first-order valence-electron chi connectivity index (χ1n) is 5.62. The van der Waals surface area contributed by atoms with Crippen LogP contribution in [0.3, 0.4) is 0 Å². The Morgan fingerprint density at radius 1 is 1.50 bits per heavy atom. The Morgan fingerprint density at radius 2 is 2.28 bits per heavy atom. The second-order valence-electron chi connectivity index (χ2n) is 3.98. The lowest BCUT2D eigenvalue weighted by molar-refractivity contribution is 0.168. The number of aliphatic hydroxyl groups excluding tert-OH is 1. The zero-order valence-electron chi connectivity index (χ0n) is 9.85. The van der Waals surface area contributed by atoms with Crippen LogP contribution in [0.5, 0.6) is 0 Å². The van der Waals surface area contributed by atoms with Gasteiger partial charge in [0.2, 0.25) is 0 Å². The van der Waals surface area contributed by atoms with E-state index in [9.17, 15) is 9.50 Å². The molecule has 1 aromatic heterocycles. The number of aliphatic hydroxyl groups is 1. The molecule has 1 heterocycles. The fraction of sp³-hybridized carbons (Fsp3) is 0.333. The summed E-state index contributed by atoms with van der Waals surface area (Å²) in [6.45, 7) is 2.08. The Kier molecular flexibility index (Phi) is 3.93. The number of halogens is 2. The molecule has 96 valence electrons. The first-order valence-corrected chi connectivity index (χ1v) is 6.00. The Labute approximate surface area is 109 Å². The minimum atomic E-state index is -0.636. The van der Waals surface area contributed by atoms with Crippen molar-refractivity contribution < 1.29 is 9.50 Å². The third-order valence-corrected chi connectivity index (χ3v) is 2.94. The van der Waals surface area contributed by atoms with Crippen LogP contribution in [0.1, 0.15) is 30.7 Å². The average molecular weight is 270 g/mol. The van der Waals surface area contributed by atoms with E-state index in [2.05, 4.69) is 10.3 Å². The molecule has 1 atom stereocenters. The quantitative estimate of drug-likeness (QED) is 0.928. The van der Waals surface area contributed by atoms with E-state index in [0.29, 0.717) is 17.7 Å². The molecular weight excluding hydrogens is 257 g/mol. The number of hydrogen-bond donors (Lipinski definition) is 1. The average Bonchev–Trinajstić information content (AvgIpc) is 2.82. The summed E-state index contributed by atoms with van der Waals surface area (Å²) >= 11 is 5.70. The highest BCUT2D eigenvalue weighted by Gasteiger charge is 2.11. The van der Waals surface area contributed by atoms with Gasteiger partial charge in [0.05, 0.1) is 23.9 Å². The lowest BCUT2D eigenvalue weighted by atomic mass is 10.2. The van der Waals surface area contributed by atoms with Gasteiger partial charge in [0.15, 0.2) is 0 Å². The molecule has 4 nitrogen and oxygen atoms in total. The molecule has 0 saturated carbocycles. The highest BCUT2D eigenvalue weighted by Crippen LogP contribution is 2.19. The minimum absolute atomic E-state index is 0.0847. The number of nitrogens with zero attached hydrogens (tertiary/aromatic N) is 3. The zero-order valence-corrected chi connectivity index (χ0v) is 10.6. The van der Waals surface area contributed by atoms with Crippen LogP contribution in [0.2, 0.25) is 5.02 Å². The molecule has 0 spiro atoms. The van der Waals surface area contributed by atoms with E-state index in [4.69, 9.17) is 11.6 Å². The van der Waals surface area contributed by atoms with Crippen molar-refractivity contribution in [1.82, 2.24) is 15.0 Å². The standard InChI is InChI=1S/C12H13ClFN3O/c1-2-11(18)10-7-17(16-15-10)6-8-4-3-5-9(13)12(8)14/h3-5,7,11,18H,2,6H2,1H3. The Hall–Kier alpha value is -1.46. The molecule has 0 aliphatic heterocycles. The van der Waals surface area contributed by atoms with Gasteiger partial charge in [-0.25, -0.2) is 9.07 Å². The van der Waals surface area contributed by atoms with Gasteiger partial charge < -0.3 is 5.11 Å². The molecule has 2 rings (SSSR count). The predicted molar refractivity (Wildman–Crippen MR) is 65.8 cm³/mol. The second-order valence-corrected chi connectivity index (χ2v) is 4.39. The van der Waals surface area contributed by atoms with Crippen LogP contribution in [-0.4, -0.2) is 20.1 Å². The van der Waals surface area contributed by atoms with E-state index < -0.39 is 11.9 Å². The van der Waals surface area contributed by atoms with Gasteiger partial charge in [-0.15, -0.1) is 5.10 Å². The van der Waals surface area contributed by atoms with Crippen molar-refractivity contribution in [2.75, 3.05) is 0 Å². The fourth-order valence-electron chi connectivity index (χ4n) is 1.60. The molecule has 0 aliphatic carbocycles. The fourth-order valence-corrected chi connectivity index (χ4v) is 1.79. The highest BCUT2D eigenvalue weighted by molar-refractivity contribution is 6.30. The van der Waals surface area contributed by atoms with E-state index in [1.807, 2.05) is 6.92 Å². The Bertz CT molecular complexity index is 544. The molecule has 6 heteroatoms. The molecule has 1 N–H and O–H groups in total. The number of aromatic nitrogens is 3. The summed E-state index contributed by atoms with van der Waals surface area (Å²) in [5, 5.41) is 17.4. The molecule has 18 heavy (non-hydrogen) atoms. The summed E-state index contributed by atoms with van der Waals surface area (Å²) in [6, 6.07) is 4.81. The van der Waals surface area contributed by atoms with Gasteiger partial charge in [0.25, 0.3) is 0 Å². The molecular formula is C12H13ClFN3O. The summed E-state index contributed by atoms with van der Waals surface area (Å²) < 4.78 is 15.2. The molecule has 0 fully saturated rings. The number of hydrogen-bond acceptors (Lipinski definition) is 3. The summed E-state index contributed by atoms with van der Waals surface area (Å²) in [7, 11) is 0. The van der Waals surface area contributed by atoms with Crippen molar-refractivity contribution in [2.45, 2.75) is 26.0 Å². The van der Waals surface area contributed by atoms with Gasteiger partial charge in [-0.05, 0) is 12.5 Å². The van der Waals surface area contributed by atoms with Crippen LogP contribution >= 0.6 is 11.6 Å². The first-order chi connectivity index (χ1) is 8.61. The van der Waals surface area contributed by atoms with E-state index in [0.717, 1.165) is 0 Å². The van der Waals surface area contributed by atoms with Gasteiger partial charge in [-0.2, -0.15) is 0 Å². The number of rotatable bonds is 4. The van der Waals surface area contributed by atoms with Crippen molar-refractivity contribution in [2.24, 2.45) is 0 Å². The lowest BCUT2D eigenvalue weighted by Gasteiger charge is -2.04. The first kappa shape index (κ1) is 13.0. The molecule has 1 aromatic carbocycles. The highest BCUT2D eigenvalue weighted by atomic mass is 35.5. The third kappa shape index (κ3) is 2.68. The van der Waals surface area contributed by atoms with Crippen molar-refractivity contribution in [3.63, 3.8) is 0 Å². The largest absolute Gasteiger partial charge is 0.387 e. The molecule has 0 radical (unpaired) electrons. The van der Waals surface area contributed by atoms with Crippen LogP contribution in [0.15, 0.2) is 24.4 Å². The van der Waals surface area contributed by atoms with E-state index in [1.165, 1.54) is 10.7 Å². The third-order valence-electron chi connectivity index (χ3n) is 2.65. The van der Waals surface area contributed by atoms with E-state index in [1.54, 1.807) is 18.3 Å². The van der Waals surface area contributed by atoms with Gasteiger partial charge >= 0.3 is 0 Å². The van der Waals surface area contributed by atoms with Gasteiger partial charge in [0, 0.05) is 5.56 Å². The van der Waals surface area contributed by atoms with Crippen molar-refractivity contribution in [3.8, 4) is 0 Å². The van der Waals surface area contributed by atoms with Crippen LogP contribution in [0, 0.1) is 5.82 Å². The summed E-state index contributed by atoms with van der Waals surface area (Å²) in [6.07, 6.45) is 1.53. The number of benzene rings is 1. The van der Waals surface area contributed by atoms with Gasteiger partial charge in [-0.3, -0.25) is 0 Å². The molecule has 0 bridgehead atoms. The maximum absolute atomic E-state index is 13.7. The van der Waals surface area contributed by atoms with E-state index >= 15 is 0 Å². The molecule has 0 amide bonds. The Balaban J connectivity index is 2.19. The molecule has 2 aromatic rings. The zero-order chi connectivity index (χ0) is 13.1. The molecule has 0 aliphatic rings. The summed E-state index contributed by atoms with van der Waals surface area (Å²) in [5.41, 5.74) is 0.921. The SMILES string of the molecule is CCC(O)c1cn(Cc2cccc(Cl)c2F)nn1. The monoisotopic (exact) mass is 269 g/mol. The summed E-state index contributed by atoms with van der Waals surface area (Å²) in [5.74, 6) is -0.452. The van der Waals surface area contributed by atoms with Gasteiger partial charge in [0.1, 0.15) is 11.5 Å². The maximum Gasteiger partial charge on any atom is 0.146 e. The van der Waals surface area contributed by atoms with Crippen molar-refractivity contribution in [3.05, 3.63) is 46.5 Å². The normalized spacial score (nSPS) is 12.7. The minimum Gasteiger partial charge on any atom is -0.387 e. The van der Waals surface area contributed by atoms with Crippen LogP contribution in [-0.2, 0) is 6.54 Å². The van der Waals surface area contributed by atoms with Crippen LogP contribution < -0.4 is 0 Å². The van der Waals surface area contributed by atoms with Crippen LogP contribution in [0.4, 0.5) is 4.39 Å². The topological polar surface area (TPSA) is 50.9 Å². The molecule has 0 saturated heterocycles. The predicted octanol–water partition coefficient (Wildman–Crippen LogP) is 2.56. The summed E-state index contributed by atoms with van der Waals surface area (Å²) in [4.78, 5) is 0. The lowest BCUT2D eigenvalue weighted by Crippen LogP contribution is -2.03. The molecule has 1 unspecified atom stereocenters. The van der Waals surface area contributed by atoms with Crippen molar-refractivity contribution >= 4 is 11.6 Å². The van der Waals surface area contributed by atoms with E-state index in [-0.39, 0.29) is 11.6 Å². The smallest absolute Gasteiger partial charge is 0.146 e.